The van der Waals surface area contributed by atoms with Crippen molar-refractivity contribution >= 4 is 52.2 Å². The SMILES string of the molecule is NC(=O)c1ccc(NC(=S)NC(=O)C=Cc2cccs2)cc1. The molecule has 0 aliphatic heterocycles. The van der Waals surface area contributed by atoms with Crippen LogP contribution in [0.15, 0.2) is 47.9 Å². The maximum atomic E-state index is 11.7. The standard InChI is InChI=1S/C15H13N3O2S2/c16-14(20)10-3-5-11(6-4-10)17-15(21)18-13(19)8-7-12-2-1-9-22-12/h1-9H,(H2,16,20)(H2,17,18,19,21). The molecule has 2 amide bonds. The Balaban J connectivity index is 1.87. The average Bonchev–Trinajstić information content (AvgIpc) is 2.99. The summed E-state index contributed by atoms with van der Waals surface area (Å²) in [6.07, 6.45) is 3.13. The second-order valence-corrected chi connectivity index (χ2v) is 5.62. The highest BCUT2D eigenvalue weighted by molar-refractivity contribution is 7.80. The summed E-state index contributed by atoms with van der Waals surface area (Å²) in [6, 6.07) is 10.3. The van der Waals surface area contributed by atoms with Crippen molar-refractivity contribution in [1.29, 1.82) is 0 Å². The largest absolute Gasteiger partial charge is 0.366 e. The van der Waals surface area contributed by atoms with Crippen LogP contribution in [-0.4, -0.2) is 16.9 Å². The molecule has 1 aromatic heterocycles. The number of carbonyl (C=O) groups excluding carboxylic acids is 2. The molecule has 0 aliphatic carbocycles. The lowest BCUT2D eigenvalue weighted by Gasteiger charge is -2.08. The van der Waals surface area contributed by atoms with Gasteiger partial charge in [0.05, 0.1) is 0 Å². The molecule has 2 aromatic rings. The number of nitrogens with two attached hydrogens (primary N) is 1. The molecule has 1 heterocycles. The third-order valence-corrected chi connectivity index (χ3v) is 3.65. The molecule has 22 heavy (non-hydrogen) atoms. The Morgan fingerprint density at radius 1 is 1.18 bits per heavy atom. The number of carbonyl (C=O) groups is 2. The fourth-order valence-electron chi connectivity index (χ4n) is 1.58. The van der Waals surface area contributed by atoms with Gasteiger partial charge in [0.2, 0.25) is 11.8 Å². The highest BCUT2D eigenvalue weighted by atomic mass is 32.1. The quantitative estimate of drug-likeness (QED) is 0.593. The molecule has 2 rings (SSSR count). The van der Waals surface area contributed by atoms with Gasteiger partial charge < -0.3 is 11.1 Å². The summed E-state index contributed by atoms with van der Waals surface area (Å²) in [5.74, 6) is -0.819. The molecule has 0 atom stereocenters. The molecular weight excluding hydrogens is 318 g/mol. The van der Waals surface area contributed by atoms with Crippen LogP contribution in [0, 0.1) is 0 Å². The molecule has 112 valence electrons. The lowest BCUT2D eigenvalue weighted by Crippen LogP contribution is -2.32. The van der Waals surface area contributed by atoms with Gasteiger partial charge in [-0.05, 0) is 54.0 Å². The van der Waals surface area contributed by atoms with Crippen LogP contribution < -0.4 is 16.4 Å². The lowest BCUT2D eigenvalue weighted by atomic mass is 10.2. The number of amides is 2. The molecule has 1 aromatic carbocycles. The van der Waals surface area contributed by atoms with E-state index in [1.54, 1.807) is 30.3 Å². The molecular formula is C15H13N3O2S2. The predicted molar refractivity (Wildman–Crippen MR) is 92.7 cm³/mol. The Bertz CT molecular complexity index is 707. The summed E-state index contributed by atoms with van der Waals surface area (Å²) in [5, 5.41) is 7.49. The van der Waals surface area contributed by atoms with Gasteiger partial charge in [-0.15, -0.1) is 11.3 Å². The van der Waals surface area contributed by atoms with Crippen molar-refractivity contribution in [2.24, 2.45) is 5.73 Å². The monoisotopic (exact) mass is 331 g/mol. The second-order valence-electron chi connectivity index (χ2n) is 4.23. The minimum atomic E-state index is -0.499. The molecule has 0 radical (unpaired) electrons. The first-order valence-corrected chi connectivity index (χ1v) is 7.57. The van der Waals surface area contributed by atoms with Crippen molar-refractivity contribution in [3.05, 3.63) is 58.3 Å². The molecule has 0 bridgehead atoms. The van der Waals surface area contributed by atoms with E-state index in [2.05, 4.69) is 10.6 Å². The van der Waals surface area contributed by atoms with Crippen molar-refractivity contribution in [2.75, 3.05) is 5.32 Å². The number of thiophene rings is 1. The van der Waals surface area contributed by atoms with Crippen molar-refractivity contribution in [1.82, 2.24) is 5.32 Å². The number of rotatable bonds is 4. The van der Waals surface area contributed by atoms with Crippen LogP contribution in [0.5, 0.6) is 0 Å². The minimum absolute atomic E-state index is 0.174. The second kappa shape index (κ2) is 7.48. The number of benzene rings is 1. The number of nitrogens with one attached hydrogen (secondary N) is 2. The van der Waals surface area contributed by atoms with Crippen LogP contribution in [0.3, 0.4) is 0 Å². The van der Waals surface area contributed by atoms with Gasteiger partial charge >= 0.3 is 0 Å². The smallest absolute Gasteiger partial charge is 0.250 e. The van der Waals surface area contributed by atoms with Crippen LogP contribution in [-0.2, 0) is 4.79 Å². The number of anilines is 1. The molecule has 4 N–H and O–H groups in total. The fraction of sp³-hybridized carbons (Fsp3) is 0. The molecule has 0 spiro atoms. The topological polar surface area (TPSA) is 84.2 Å². The van der Waals surface area contributed by atoms with Crippen LogP contribution >= 0.6 is 23.6 Å². The summed E-state index contributed by atoms with van der Waals surface area (Å²) >= 11 is 6.58. The Morgan fingerprint density at radius 2 is 1.91 bits per heavy atom. The van der Waals surface area contributed by atoms with Crippen LogP contribution in [0.1, 0.15) is 15.2 Å². The zero-order valence-corrected chi connectivity index (χ0v) is 13.0. The van der Waals surface area contributed by atoms with Crippen LogP contribution in [0.4, 0.5) is 5.69 Å². The molecule has 7 heteroatoms. The van der Waals surface area contributed by atoms with Crippen molar-refractivity contribution in [3.63, 3.8) is 0 Å². The molecule has 0 saturated heterocycles. The van der Waals surface area contributed by atoms with E-state index in [0.717, 1.165) is 4.88 Å². The first-order chi connectivity index (χ1) is 10.5. The highest BCUT2D eigenvalue weighted by Crippen LogP contribution is 2.10. The molecule has 0 saturated carbocycles. The van der Waals surface area contributed by atoms with Crippen molar-refractivity contribution < 1.29 is 9.59 Å². The highest BCUT2D eigenvalue weighted by Gasteiger charge is 2.03. The predicted octanol–water partition coefficient (Wildman–Crippen LogP) is 2.37. The normalized spacial score (nSPS) is 10.4. The first-order valence-electron chi connectivity index (χ1n) is 6.28. The van der Waals surface area contributed by atoms with Crippen LogP contribution in [0.25, 0.3) is 6.08 Å². The van der Waals surface area contributed by atoms with E-state index in [-0.39, 0.29) is 11.0 Å². The third kappa shape index (κ3) is 4.80. The Labute approximate surface area is 136 Å². The third-order valence-electron chi connectivity index (χ3n) is 2.61. The minimum Gasteiger partial charge on any atom is -0.366 e. The Morgan fingerprint density at radius 3 is 2.50 bits per heavy atom. The van der Waals surface area contributed by atoms with Gasteiger partial charge in [-0.25, -0.2) is 0 Å². The van der Waals surface area contributed by atoms with E-state index >= 15 is 0 Å². The maximum Gasteiger partial charge on any atom is 0.250 e. The molecule has 0 aliphatic rings. The van der Waals surface area contributed by atoms with Gasteiger partial charge in [0.15, 0.2) is 5.11 Å². The van der Waals surface area contributed by atoms with Gasteiger partial charge in [-0.1, -0.05) is 6.07 Å². The molecule has 0 fully saturated rings. The summed E-state index contributed by atoms with van der Waals surface area (Å²) in [5.41, 5.74) is 6.21. The van der Waals surface area contributed by atoms with Gasteiger partial charge in [-0.2, -0.15) is 0 Å². The van der Waals surface area contributed by atoms with E-state index in [1.807, 2.05) is 17.5 Å². The van der Waals surface area contributed by atoms with E-state index in [9.17, 15) is 9.59 Å². The number of primary amides is 1. The van der Waals surface area contributed by atoms with Gasteiger partial charge in [0.25, 0.3) is 0 Å². The Kier molecular flexibility index (Phi) is 5.40. The van der Waals surface area contributed by atoms with E-state index < -0.39 is 5.91 Å². The lowest BCUT2D eigenvalue weighted by molar-refractivity contribution is -0.115. The number of hydrogen-bond donors (Lipinski definition) is 3. The first kappa shape index (κ1) is 15.9. The Hall–Kier alpha value is -2.51. The van der Waals surface area contributed by atoms with E-state index in [1.165, 1.54) is 17.4 Å². The van der Waals surface area contributed by atoms with Gasteiger partial charge in [0, 0.05) is 22.2 Å². The maximum absolute atomic E-state index is 11.7. The summed E-state index contributed by atoms with van der Waals surface area (Å²) < 4.78 is 0. The zero-order valence-electron chi connectivity index (χ0n) is 11.4. The summed E-state index contributed by atoms with van der Waals surface area (Å²) in [4.78, 5) is 23.6. The van der Waals surface area contributed by atoms with E-state index in [0.29, 0.717) is 11.3 Å². The average molecular weight is 331 g/mol. The molecule has 0 unspecified atom stereocenters. The summed E-state index contributed by atoms with van der Waals surface area (Å²) in [6.45, 7) is 0. The number of hydrogen-bond acceptors (Lipinski definition) is 4. The summed E-state index contributed by atoms with van der Waals surface area (Å²) in [7, 11) is 0. The van der Waals surface area contributed by atoms with E-state index in [4.69, 9.17) is 18.0 Å². The van der Waals surface area contributed by atoms with Crippen LogP contribution in [0.2, 0.25) is 0 Å². The van der Waals surface area contributed by atoms with Crippen molar-refractivity contribution in [3.8, 4) is 0 Å². The van der Waals surface area contributed by atoms with Gasteiger partial charge in [-0.3, -0.25) is 14.9 Å². The molecule has 5 nitrogen and oxygen atoms in total. The fourth-order valence-corrected chi connectivity index (χ4v) is 2.41. The van der Waals surface area contributed by atoms with Gasteiger partial charge in [0.1, 0.15) is 0 Å². The zero-order chi connectivity index (χ0) is 15.9. The van der Waals surface area contributed by atoms with Crippen molar-refractivity contribution in [2.45, 2.75) is 0 Å². The number of thiocarbonyl (C=S) groups is 1.